The van der Waals surface area contributed by atoms with E-state index in [1.165, 1.54) is 5.56 Å². The molecule has 0 aliphatic rings. The van der Waals surface area contributed by atoms with Crippen LogP contribution in [0.3, 0.4) is 0 Å². The molecule has 0 spiro atoms. The Balaban J connectivity index is 1.60. The second-order valence-electron chi connectivity index (χ2n) is 4.73. The van der Waals surface area contributed by atoms with Gasteiger partial charge in [0.25, 0.3) is 0 Å². The van der Waals surface area contributed by atoms with Crippen molar-refractivity contribution in [2.24, 2.45) is 0 Å². The fourth-order valence-corrected chi connectivity index (χ4v) is 2.24. The van der Waals surface area contributed by atoms with Crippen molar-refractivity contribution in [2.45, 2.75) is 12.5 Å². The summed E-state index contributed by atoms with van der Waals surface area (Å²) in [5.41, 5.74) is 1.23. The average Bonchev–Trinajstić information content (AvgIpc) is 2.51. The van der Waals surface area contributed by atoms with Gasteiger partial charge in [-0.05, 0) is 48.9 Å². The van der Waals surface area contributed by atoms with E-state index in [1.54, 1.807) is 12.4 Å². The highest BCUT2D eigenvalue weighted by molar-refractivity contribution is 9.10. The SMILES string of the molecule is OC(CNCCc1ccncc1)COc1cccc(Br)c1. The number of aliphatic hydroxyl groups excluding tert-OH is 1. The first kappa shape index (κ1) is 15.9. The van der Waals surface area contributed by atoms with Gasteiger partial charge in [-0.2, -0.15) is 0 Å². The maximum absolute atomic E-state index is 9.87. The molecular weight excluding hydrogens is 332 g/mol. The number of benzene rings is 1. The van der Waals surface area contributed by atoms with Gasteiger partial charge in [-0.25, -0.2) is 0 Å². The summed E-state index contributed by atoms with van der Waals surface area (Å²) >= 11 is 3.38. The number of nitrogens with zero attached hydrogens (tertiary/aromatic N) is 1. The average molecular weight is 351 g/mol. The molecule has 0 radical (unpaired) electrons. The van der Waals surface area contributed by atoms with Crippen LogP contribution in [0.15, 0.2) is 53.3 Å². The lowest BCUT2D eigenvalue weighted by atomic mass is 10.2. The van der Waals surface area contributed by atoms with E-state index in [0.717, 1.165) is 23.2 Å². The van der Waals surface area contributed by atoms with Crippen molar-refractivity contribution in [2.75, 3.05) is 19.7 Å². The molecule has 1 unspecified atom stereocenters. The number of halogens is 1. The fourth-order valence-electron chi connectivity index (χ4n) is 1.86. The third-order valence-corrected chi connectivity index (χ3v) is 3.45. The van der Waals surface area contributed by atoms with E-state index in [2.05, 4.69) is 26.2 Å². The Kier molecular flexibility index (Phi) is 6.66. The third-order valence-electron chi connectivity index (χ3n) is 2.96. The van der Waals surface area contributed by atoms with Crippen molar-refractivity contribution in [1.29, 1.82) is 0 Å². The van der Waals surface area contributed by atoms with Crippen LogP contribution in [0.25, 0.3) is 0 Å². The van der Waals surface area contributed by atoms with Gasteiger partial charge in [-0.1, -0.05) is 22.0 Å². The van der Waals surface area contributed by atoms with Crippen molar-refractivity contribution in [1.82, 2.24) is 10.3 Å². The standard InChI is InChI=1S/C16H19BrN2O2/c17-14-2-1-3-16(10-14)21-12-15(20)11-19-9-6-13-4-7-18-8-5-13/h1-5,7-8,10,15,19-20H,6,9,11-12H2. The van der Waals surface area contributed by atoms with Gasteiger partial charge >= 0.3 is 0 Å². The molecule has 1 aromatic heterocycles. The third kappa shape index (κ3) is 6.25. The summed E-state index contributed by atoms with van der Waals surface area (Å²) in [6.45, 7) is 1.61. The molecule has 0 aliphatic heterocycles. The molecule has 112 valence electrons. The van der Waals surface area contributed by atoms with Crippen molar-refractivity contribution in [3.8, 4) is 5.75 Å². The number of aliphatic hydroxyl groups is 1. The van der Waals surface area contributed by atoms with Gasteiger partial charge in [-0.15, -0.1) is 0 Å². The molecule has 5 heteroatoms. The number of pyridine rings is 1. The Bertz CT molecular complexity index is 537. The first-order chi connectivity index (χ1) is 10.2. The largest absolute Gasteiger partial charge is 0.491 e. The van der Waals surface area contributed by atoms with Crippen LogP contribution in [0.5, 0.6) is 5.75 Å². The number of ether oxygens (including phenoxy) is 1. The van der Waals surface area contributed by atoms with Crippen LogP contribution < -0.4 is 10.1 Å². The lowest BCUT2D eigenvalue weighted by molar-refractivity contribution is 0.106. The summed E-state index contributed by atoms with van der Waals surface area (Å²) in [5.74, 6) is 0.750. The molecule has 2 aromatic rings. The fraction of sp³-hybridized carbons (Fsp3) is 0.312. The first-order valence-corrected chi connectivity index (χ1v) is 7.69. The molecule has 0 amide bonds. The van der Waals surface area contributed by atoms with E-state index in [0.29, 0.717) is 6.54 Å². The van der Waals surface area contributed by atoms with Crippen LogP contribution in [0.2, 0.25) is 0 Å². The maximum Gasteiger partial charge on any atom is 0.120 e. The van der Waals surface area contributed by atoms with Gasteiger partial charge in [0.2, 0.25) is 0 Å². The van der Waals surface area contributed by atoms with Crippen molar-refractivity contribution >= 4 is 15.9 Å². The molecule has 0 aliphatic carbocycles. The molecule has 0 saturated carbocycles. The first-order valence-electron chi connectivity index (χ1n) is 6.90. The molecular formula is C16H19BrN2O2. The van der Waals surface area contributed by atoms with E-state index < -0.39 is 6.10 Å². The minimum absolute atomic E-state index is 0.276. The van der Waals surface area contributed by atoms with Crippen LogP contribution in [-0.4, -0.2) is 35.9 Å². The van der Waals surface area contributed by atoms with E-state index in [4.69, 9.17) is 4.74 Å². The molecule has 0 fully saturated rings. The molecule has 0 saturated heterocycles. The van der Waals surface area contributed by atoms with Gasteiger partial charge in [0.15, 0.2) is 0 Å². The highest BCUT2D eigenvalue weighted by atomic mass is 79.9. The van der Waals surface area contributed by atoms with Gasteiger partial charge in [0, 0.05) is 23.4 Å². The van der Waals surface area contributed by atoms with Gasteiger partial charge in [-0.3, -0.25) is 4.98 Å². The monoisotopic (exact) mass is 350 g/mol. The molecule has 0 bridgehead atoms. The van der Waals surface area contributed by atoms with E-state index in [1.807, 2.05) is 36.4 Å². The summed E-state index contributed by atoms with van der Waals surface area (Å²) in [4.78, 5) is 3.98. The van der Waals surface area contributed by atoms with Gasteiger partial charge < -0.3 is 15.2 Å². The quantitative estimate of drug-likeness (QED) is 0.718. The Morgan fingerprint density at radius 2 is 2.05 bits per heavy atom. The molecule has 4 nitrogen and oxygen atoms in total. The predicted octanol–water partition coefficient (Wildman–Crippen LogP) is 2.42. The lowest BCUT2D eigenvalue weighted by Gasteiger charge is -2.13. The second kappa shape index (κ2) is 8.77. The number of nitrogens with one attached hydrogen (secondary N) is 1. The van der Waals surface area contributed by atoms with Crippen LogP contribution in [0, 0.1) is 0 Å². The molecule has 21 heavy (non-hydrogen) atoms. The second-order valence-corrected chi connectivity index (χ2v) is 5.65. The van der Waals surface area contributed by atoms with Crippen LogP contribution >= 0.6 is 15.9 Å². The summed E-state index contributed by atoms with van der Waals surface area (Å²) in [6, 6.07) is 11.6. The molecule has 2 N–H and O–H groups in total. The van der Waals surface area contributed by atoms with Crippen LogP contribution in [0.1, 0.15) is 5.56 Å². The number of hydrogen-bond donors (Lipinski definition) is 2. The van der Waals surface area contributed by atoms with Crippen molar-refractivity contribution in [3.05, 3.63) is 58.8 Å². The summed E-state index contributed by atoms with van der Waals surface area (Å²) in [7, 11) is 0. The van der Waals surface area contributed by atoms with Gasteiger partial charge in [0.05, 0.1) is 0 Å². The number of rotatable bonds is 8. The highest BCUT2D eigenvalue weighted by Gasteiger charge is 2.05. The van der Waals surface area contributed by atoms with Crippen LogP contribution in [0.4, 0.5) is 0 Å². The molecule has 2 rings (SSSR count). The molecule has 1 aromatic carbocycles. The summed E-state index contributed by atoms with van der Waals surface area (Å²) in [5, 5.41) is 13.1. The Morgan fingerprint density at radius 3 is 2.81 bits per heavy atom. The summed E-state index contributed by atoms with van der Waals surface area (Å²) < 4.78 is 6.50. The zero-order valence-electron chi connectivity index (χ0n) is 11.7. The minimum Gasteiger partial charge on any atom is -0.491 e. The van der Waals surface area contributed by atoms with Crippen molar-refractivity contribution in [3.63, 3.8) is 0 Å². The number of aromatic nitrogens is 1. The Hall–Kier alpha value is -1.43. The van der Waals surface area contributed by atoms with E-state index >= 15 is 0 Å². The zero-order chi connectivity index (χ0) is 14.9. The minimum atomic E-state index is -0.526. The summed E-state index contributed by atoms with van der Waals surface area (Å²) in [6.07, 6.45) is 3.97. The van der Waals surface area contributed by atoms with E-state index in [9.17, 15) is 5.11 Å². The van der Waals surface area contributed by atoms with E-state index in [-0.39, 0.29) is 6.61 Å². The number of hydrogen-bond acceptors (Lipinski definition) is 4. The molecule has 1 atom stereocenters. The predicted molar refractivity (Wildman–Crippen MR) is 86.5 cm³/mol. The topological polar surface area (TPSA) is 54.4 Å². The smallest absolute Gasteiger partial charge is 0.120 e. The van der Waals surface area contributed by atoms with Crippen molar-refractivity contribution < 1.29 is 9.84 Å². The Labute approximate surface area is 133 Å². The highest BCUT2D eigenvalue weighted by Crippen LogP contribution is 2.17. The van der Waals surface area contributed by atoms with Crippen LogP contribution in [-0.2, 0) is 6.42 Å². The zero-order valence-corrected chi connectivity index (χ0v) is 13.3. The normalized spacial score (nSPS) is 12.1. The Morgan fingerprint density at radius 1 is 1.24 bits per heavy atom. The molecule has 1 heterocycles. The van der Waals surface area contributed by atoms with Gasteiger partial charge in [0.1, 0.15) is 18.5 Å². The maximum atomic E-state index is 9.87. The lowest BCUT2D eigenvalue weighted by Crippen LogP contribution is -2.32.